The molecule has 0 spiro atoms. The summed E-state index contributed by atoms with van der Waals surface area (Å²) in [6.07, 6.45) is 8.33. The first-order valence-electron chi connectivity index (χ1n) is 19.9. The van der Waals surface area contributed by atoms with Crippen LogP contribution in [0.3, 0.4) is 0 Å². The van der Waals surface area contributed by atoms with Gasteiger partial charge in [0.25, 0.3) is 0 Å². The zero-order valence-corrected chi connectivity index (χ0v) is 36.5. The highest BCUT2D eigenvalue weighted by molar-refractivity contribution is 7.89. The molecule has 7 rings (SSSR count). The number of ether oxygens (including phenoxy) is 2. The molecule has 2 N–H and O–H groups in total. The van der Waals surface area contributed by atoms with Crippen LogP contribution in [0, 0.1) is 0 Å². The van der Waals surface area contributed by atoms with Gasteiger partial charge in [-0.25, -0.2) is 26.8 Å². The van der Waals surface area contributed by atoms with Crippen molar-refractivity contribution in [3.8, 4) is 22.5 Å². The molecule has 0 unspecified atom stereocenters. The molecule has 2 amide bonds. The fourth-order valence-corrected chi connectivity index (χ4v) is 10.7. The summed E-state index contributed by atoms with van der Waals surface area (Å²) in [7, 11) is -6.80. The molecule has 3 aliphatic heterocycles. The molecule has 58 heavy (non-hydrogen) atoms. The molecule has 0 bridgehead atoms. The van der Waals surface area contributed by atoms with Gasteiger partial charge in [0.2, 0.25) is 31.9 Å². The standard InChI is InChI=1S/2C18H23N3O3S2.C4H8O2/c2*1-2-3-6-17(22)20-18-19-16(13-25-18)14-7-9-15(10-8-14)26(23,24)21-11-4-5-12-21;1-2-6-4-3-5-1/h2*7-10,13H,2-6,11-12H2,1H3,(H,19,20,22);1-4H2. The van der Waals surface area contributed by atoms with Gasteiger partial charge in [0, 0.05) is 60.9 Å². The maximum Gasteiger partial charge on any atom is 0.243 e. The van der Waals surface area contributed by atoms with Crippen molar-refractivity contribution in [1.29, 1.82) is 0 Å². The molecule has 14 nitrogen and oxygen atoms in total. The van der Waals surface area contributed by atoms with Gasteiger partial charge in [0.15, 0.2) is 10.3 Å². The Morgan fingerprint density at radius 1 is 0.603 bits per heavy atom. The molecule has 3 saturated heterocycles. The van der Waals surface area contributed by atoms with Crippen molar-refractivity contribution < 1.29 is 35.9 Å². The van der Waals surface area contributed by atoms with Crippen LogP contribution >= 0.6 is 22.7 Å². The Labute approximate surface area is 350 Å². The Balaban J connectivity index is 0.000000193. The molecule has 0 aliphatic carbocycles. The predicted octanol–water partition coefficient (Wildman–Crippen LogP) is 7.48. The number of rotatable bonds is 14. The van der Waals surface area contributed by atoms with E-state index in [1.54, 1.807) is 48.5 Å². The average molecular weight is 875 g/mol. The Bertz CT molecular complexity index is 1950. The van der Waals surface area contributed by atoms with Crippen LogP contribution in [0.4, 0.5) is 10.3 Å². The van der Waals surface area contributed by atoms with Gasteiger partial charge < -0.3 is 20.1 Å². The number of hydrogen-bond donors (Lipinski definition) is 2. The molecule has 3 aliphatic rings. The smallest absolute Gasteiger partial charge is 0.243 e. The van der Waals surface area contributed by atoms with Crippen LogP contribution in [-0.2, 0) is 39.1 Å². The van der Waals surface area contributed by atoms with Gasteiger partial charge in [-0.3, -0.25) is 9.59 Å². The summed E-state index contributed by atoms with van der Waals surface area (Å²) in [4.78, 5) is 33.0. The van der Waals surface area contributed by atoms with E-state index in [0.717, 1.165) is 100 Å². The molecular weight excluding hydrogens is 821 g/mol. The lowest BCUT2D eigenvalue weighted by Gasteiger charge is -2.15. The highest BCUT2D eigenvalue weighted by Gasteiger charge is 2.28. The van der Waals surface area contributed by atoms with Crippen molar-refractivity contribution >= 4 is 64.8 Å². The third-order valence-electron chi connectivity index (χ3n) is 9.47. The monoisotopic (exact) mass is 874 g/mol. The summed E-state index contributed by atoms with van der Waals surface area (Å²) in [5, 5.41) is 10.5. The molecule has 0 atom stereocenters. The first-order chi connectivity index (χ1) is 28.0. The number of sulfonamides is 2. The van der Waals surface area contributed by atoms with Crippen LogP contribution in [0.15, 0.2) is 69.1 Å². The average Bonchev–Trinajstić information content (AvgIpc) is 4.10. The van der Waals surface area contributed by atoms with Gasteiger partial charge in [0.05, 0.1) is 47.6 Å². The number of unbranched alkanes of at least 4 members (excludes halogenated alkanes) is 2. The van der Waals surface area contributed by atoms with Crippen molar-refractivity contribution in [3.05, 3.63) is 59.3 Å². The number of aromatic nitrogens is 2. The van der Waals surface area contributed by atoms with Crippen molar-refractivity contribution in [2.75, 3.05) is 63.2 Å². The lowest BCUT2D eigenvalue weighted by atomic mass is 10.2. The maximum atomic E-state index is 12.6. The topological polar surface area (TPSA) is 177 Å². The SMILES string of the molecule is C1COCCO1.CCCCC(=O)Nc1nc(-c2ccc(S(=O)(=O)N3CCCC3)cc2)cs1.CCCCC(=O)Nc1nc(-c2ccc(S(=O)(=O)N3CCCC3)cc2)cs1. The minimum Gasteiger partial charge on any atom is -0.377 e. The van der Waals surface area contributed by atoms with Gasteiger partial charge in [-0.05, 0) is 62.8 Å². The number of hydrogen-bond acceptors (Lipinski definition) is 12. The van der Waals surface area contributed by atoms with E-state index in [1.807, 2.05) is 24.6 Å². The van der Waals surface area contributed by atoms with Crippen molar-refractivity contribution in [2.24, 2.45) is 0 Å². The van der Waals surface area contributed by atoms with E-state index in [0.29, 0.717) is 59.1 Å². The third kappa shape index (κ3) is 13.2. The Morgan fingerprint density at radius 3 is 1.26 bits per heavy atom. The van der Waals surface area contributed by atoms with Gasteiger partial charge in [-0.2, -0.15) is 8.61 Å². The van der Waals surface area contributed by atoms with Crippen molar-refractivity contribution in [1.82, 2.24) is 18.6 Å². The van der Waals surface area contributed by atoms with Crippen molar-refractivity contribution in [3.63, 3.8) is 0 Å². The number of amides is 2. The molecule has 2 aromatic carbocycles. The molecule has 0 radical (unpaired) electrons. The van der Waals surface area contributed by atoms with E-state index in [2.05, 4.69) is 20.6 Å². The zero-order valence-electron chi connectivity index (χ0n) is 33.2. The van der Waals surface area contributed by atoms with Crippen LogP contribution < -0.4 is 10.6 Å². The maximum absolute atomic E-state index is 12.6. The van der Waals surface area contributed by atoms with Crippen LogP contribution in [0.25, 0.3) is 22.5 Å². The molecule has 4 aromatic rings. The molecule has 5 heterocycles. The van der Waals surface area contributed by atoms with Crippen molar-refractivity contribution in [2.45, 2.75) is 87.8 Å². The third-order valence-corrected chi connectivity index (χ3v) is 14.8. The quantitative estimate of drug-likeness (QED) is 0.129. The summed E-state index contributed by atoms with van der Waals surface area (Å²) in [6, 6.07) is 13.6. The lowest BCUT2D eigenvalue weighted by Crippen LogP contribution is -2.27. The minimum atomic E-state index is -3.40. The molecule has 3 fully saturated rings. The fraction of sp³-hybridized carbons (Fsp3) is 0.500. The second kappa shape index (κ2) is 22.7. The van der Waals surface area contributed by atoms with Crippen LogP contribution in [-0.4, -0.2) is 99.8 Å². The lowest BCUT2D eigenvalue weighted by molar-refractivity contribution is -0.117. The number of nitrogens with zero attached hydrogens (tertiary/aromatic N) is 4. The van der Waals surface area contributed by atoms with E-state index in [-0.39, 0.29) is 11.8 Å². The number of carbonyl (C=O) groups is 2. The van der Waals surface area contributed by atoms with E-state index < -0.39 is 20.0 Å². The zero-order chi connectivity index (χ0) is 41.4. The molecule has 2 aromatic heterocycles. The Kier molecular flexibility index (Phi) is 17.8. The van der Waals surface area contributed by atoms with Crippen LogP contribution in [0.2, 0.25) is 0 Å². The van der Waals surface area contributed by atoms with E-state index >= 15 is 0 Å². The van der Waals surface area contributed by atoms with Crippen LogP contribution in [0.5, 0.6) is 0 Å². The first-order valence-corrected chi connectivity index (χ1v) is 24.5. The molecule has 18 heteroatoms. The van der Waals surface area contributed by atoms with Gasteiger partial charge in [-0.15, -0.1) is 22.7 Å². The van der Waals surface area contributed by atoms with Crippen LogP contribution in [0.1, 0.15) is 78.1 Å². The summed E-state index contributed by atoms with van der Waals surface area (Å²) in [6.45, 7) is 9.58. The van der Waals surface area contributed by atoms with E-state index in [1.165, 1.54) is 31.3 Å². The van der Waals surface area contributed by atoms with Gasteiger partial charge >= 0.3 is 0 Å². The largest absolute Gasteiger partial charge is 0.377 e. The normalized spacial score (nSPS) is 16.2. The van der Waals surface area contributed by atoms with E-state index in [4.69, 9.17) is 9.47 Å². The number of carbonyl (C=O) groups excluding carboxylic acids is 2. The molecule has 316 valence electrons. The number of benzene rings is 2. The second-order valence-electron chi connectivity index (χ2n) is 13.9. The highest BCUT2D eigenvalue weighted by Crippen LogP contribution is 2.29. The highest BCUT2D eigenvalue weighted by atomic mass is 32.2. The first kappa shape index (κ1) is 45.5. The van der Waals surface area contributed by atoms with Gasteiger partial charge in [-0.1, -0.05) is 51.0 Å². The van der Waals surface area contributed by atoms with Gasteiger partial charge in [0.1, 0.15) is 0 Å². The summed E-state index contributed by atoms with van der Waals surface area (Å²) >= 11 is 2.73. The van der Waals surface area contributed by atoms with E-state index in [9.17, 15) is 26.4 Å². The number of anilines is 2. The fourth-order valence-electron chi connectivity index (χ4n) is 6.16. The summed E-state index contributed by atoms with van der Waals surface area (Å²) in [5.74, 6) is -0.0559. The Hall–Kier alpha value is -3.62. The number of thiazole rings is 2. The summed E-state index contributed by atoms with van der Waals surface area (Å²) < 4.78 is 63.2. The predicted molar refractivity (Wildman–Crippen MR) is 229 cm³/mol. The number of nitrogens with one attached hydrogen (secondary N) is 2. The molecule has 0 saturated carbocycles. The minimum absolute atomic E-state index is 0.0280. The summed E-state index contributed by atoms with van der Waals surface area (Å²) in [5.41, 5.74) is 3.11. The Morgan fingerprint density at radius 2 is 0.948 bits per heavy atom. The second-order valence-corrected chi connectivity index (χ2v) is 19.5. The molecular formula is C40H54N6O8S4.